The van der Waals surface area contributed by atoms with Gasteiger partial charge in [-0.2, -0.15) is 0 Å². The molecule has 1 aliphatic rings. The number of hydrogen-bond acceptors (Lipinski definition) is 3. The Morgan fingerprint density at radius 2 is 1.87 bits per heavy atom. The molecule has 2 aromatic rings. The minimum atomic E-state index is 0.104. The summed E-state index contributed by atoms with van der Waals surface area (Å²) >= 11 is 1.76. The number of piperidine rings is 1. The summed E-state index contributed by atoms with van der Waals surface area (Å²) in [5.74, 6) is 0.104. The quantitative estimate of drug-likeness (QED) is 0.833. The van der Waals surface area contributed by atoms with Gasteiger partial charge in [0.05, 0.1) is 0 Å². The molecule has 0 atom stereocenters. The van der Waals surface area contributed by atoms with Crippen LogP contribution in [0.25, 0.3) is 0 Å². The molecule has 1 aromatic carbocycles. The van der Waals surface area contributed by atoms with Crippen molar-refractivity contribution in [1.82, 2.24) is 0 Å². The number of benzene rings is 1. The van der Waals surface area contributed by atoms with Gasteiger partial charge >= 0.3 is 0 Å². The molecule has 0 saturated carbocycles. The molecule has 2 heterocycles. The Morgan fingerprint density at radius 1 is 1.09 bits per heavy atom. The average Bonchev–Trinajstić information content (AvgIpc) is 3.10. The number of nitrogens with zero attached hydrogens (tertiary/aromatic N) is 1. The number of amides is 1. The molecule has 3 rings (SSSR count). The lowest BCUT2D eigenvalue weighted by atomic mass is 10.1. The van der Waals surface area contributed by atoms with Gasteiger partial charge in [-0.1, -0.05) is 6.07 Å². The Morgan fingerprint density at radius 3 is 2.57 bits per heavy atom. The van der Waals surface area contributed by atoms with Crippen molar-refractivity contribution in [2.24, 2.45) is 0 Å². The second-order valence-electron chi connectivity index (χ2n) is 6.08. The first-order valence-corrected chi connectivity index (χ1v) is 9.36. The van der Waals surface area contributed by atoms with Crippen LogP contribution in [0.1, 0.15) is 37.0 Å². The fourth-order valence-electron chi connectivity index (χ4n) is 3.01. The van der Waals surface area contributed by atoms with Gasteiger partial charge in [-0.25, -0.2) is 0 Å². The minimum absolute atomic E-state index is 0.104. The summed E-state index contributed by atoms with van der Waals surface area (Å²) in [6, 6.07) is 12.5. The zero-order valence-electron chi connectivity index (χ0n) is 13.5. The fraction of sp³-hybridized carbons (Fsp3) is 0.421. The van der Waals surface area contributed by atoms with Crippen molar-refractivity contribution in [2.45, 2.75) is 38.5 Å². The highest BCUT2D eigenvalue weighted by molar-refractivity contribution is 7.09. The summed E-state index contributed by atoms with van der Waals surface area (Å²) in [7, 11) is 0. The number of nitrogens with one attached hydrogen (secondary N) is 1. The first-order valence-electron chi connectivity index (χ1n) is 8.48. The second kappa shape index (κ2) is 8.16. The fourth-order valence-corrected chi connectivity index (χ4v) is 3.76. The van der Waals surface area contributed by atoms with Crippen LogP contribution in [0.4, 0.5) is 11.4 Å². The number of aryl methyl sites for hydroxylation is 1. The molecule has 1 aliphatic heterocycles. The van der Waals surface area contributed by atoms with Gasteiger partial charge in [0.15, 0.2) is 0 Å². The number of hydrogen-bond donors (Lipinski definition) is 1. The van der Waals surface area contributed by atoms with Gasteiger partial charge < -0.3 is 10.2 Å². The van der Waals surface area contributed by atoms with Crippen molar-refractivity contribution in [3.63, 3.8) is 0 Å². The van der Waals surface area contributed by atoms with E-state index in [1.165, 1.54) is 29.8 Å². The molecular formula is C19H24N2OS. The Balaban J connectivity index is 1.44. The molecule has 0 bridgehead atoms. The second-order valence-corrected chi connectivity index (χ2v) is 7.11. The molecular weight excluding hydrogens is 304 g/mol. The molecule has 0 radical (unpaired) electrons. The minimum Gasteiger partial charge on any atom is -0.372 e. The van der Waals surface area contributed by atoms with E-state index < -0.39 is 0 Å². The van der Waals surface area contributed by atoms with Crippen LogP contribution in [0.3, 0.4) is 0 Å². The van der Waals surface area contributed by atoms with Gasteiger partial charge in [0.1, 0.15) is 0 Å². The zero-order valence-corrected chi connectivity index (χ0v) is 14.3. The largest absolute Gasteiger partial charge is 0.372 e. The zero-order chi connectivity index (χ0) is 15.9. The normalized spacial score (nSPS) is 14.7. The van der Waals surface area contributed by atoms with Gasteiger partial charge in [0, 0.05) is 35.8 Å². The average molecular weight is 328 g/mol. The number of thiophene rings is 1. The summed E-state index contributed by atoms with van der Waals surface area (Å²) in [6.07, 6.45) is 6.37. The molecule has 1 N–H and O–H groups in total. The van der Waals surface area contributed by atoms with E-state index in [1.807, 2.05) is 12.1 Å². The van der Waals surface area contributed by atoms with Gasteiger partial charge in [-0.05, 0) is 67.8 Å². The van der Waals surface area contributed by atoms with Gasteiger partial charge in [0.25, 0.3) is 0 Å². The van der Waals surface area contributed by atoms with Crippen LogP contribution in [-0.4, -0.2) is 19.0 Å². The lowest BCUT2D eigenvalue weighted by molar-refractivity contribution is -0.116. The van der Waals surface area contributed by atoms with Crippen LogP contribution in [-0.2, 0) is 11.2 Å². The van der Waals surface area contributed by atoms with Crippen molar-refractivity contribution < 1.29 is 4.79 Å². The van der Waals surface area contributed by atoms with Crippen molar-refractivity contribution >= 4 is 28.6 Å². The van der Waals surface area contributed by atoms with E-state index in [1.54, 1.807) is 11.3 Å². The predicted octanol–water partition coefficient (Wildman–Crippen LogP) is 4.70. The molecule has 1 fully saturated rings. The molecule has 0 aliphatic carbocycles. The summed E-state index contributed by atoms with van der Waals surface area (Å²) in [5.41, 5.74) is 2.16. The predicted molar refractivity (Wildman–Crippen MR) is 98.4 cm³/mol. The Labute approximate surface area is 142 Å². The molecule has 1 amide bonds. The molecule has 1 aromatic heterocycles. The van der Waals surface area contributed by atoms with Gasteiger partial charge in [-0.3, -0.25) is 4.79 Å². The smallest absolute Gasteiger partial charge is 0.224 e. The van der Waals surface area contributed by atoms with Crippen molar-refractivity contribution in [3.8, 4) is 0 Å². The SMILES string of the molecule is O=C(CCCc1cccs1)Nc1ccc(N2CCCCC2)cc1. The first kappa shape index (κ1) is 16.1. The van der Waals surface area contributed by atoms with E-state index in [2.05, 4.69) is 39.9 Å². The van der Waals surface area contributed by atoms with Crippen LogP contribution in [0.15, 0.2) is 41.8 Å². The topological polar surface area (TPSA) is 32.3 Å². The highest BCUT2D eigenvalue weighted by Gasteiger charge is 2.10. The van der Waals surface area contributed by atoms with E-state index in [0.717, 1.165) is 31.6 Å². The van der Waals surface area contributed by atoms with E-state index >= 15 is 0 Å². The highest BCUT2D eigenvalue weighted by Crippen LogP contribution is 2.22. The third-order valence-corrected chi connectivity index (χ3v) is 5.22. The molecule has 23 heavy (non-hydrogen) atoms. The van der Waals surface area contributed by atoms with Crippen molar-refractivity contribution in [3.05, 3.63) is 46.7 Å². The summed E-state index contributed by atoms with van der Waals surface area (Å²) < 4.78 is 0. The highest BCUT2D eigenvalue weighted by atomic mass is 32.1. The molecule has 122 valence electrons. The monoisotopic (exact) mass is 328 g/mol. The number of carbonyl (C=O) groups excluding carboxylic acids is 1. The number of carbonyl (C=O) groups is 1. The molecule has 3 nitrogen and oxygen atoms in total. The maximum atomic E-state index is 12.0. The van der Waals surface area contributed by atoms with E-state index in [9.17, 15) is 4.79 Å². The van der Waals surface area contributed by atoms with Gasteiger partial charge in [-0.15, -0.1) is 11.3 Å². The van der Waals surface area contributed by atoms with Gasteiger partial charge in [0.2, 0.25) is 5.91 Å². The molecule has 1 saturated heterocycles. The number of anilines is 2. The molecule has 0 spiro atoms. The van der Waals surface area contributed by atoms with Crippen molar-refractivity contribution in [1.29, 1.82) is 0 Å². The van der Waals surface area contributed by atoms with Crippen LogP contribution in [0.5, 0.6) is 0 Å². The Kier molecular flexibility index (Phi) is 5.70. The Bertz CT molecular complexity index is 601. The third-order valence-electron chi connectivity index (χ3n) is 4.28. The summed E-state index contributed by atoms with van der Waals surface area (Å²) in [6.45, 7) is 2.29. The summed E-state index contributed by atoms with van der Waals surface area (Å²) in [5, 5.41) is 5.08. The van der Waals surface area contributed by atoms with Crippen LogP contribution in [0.2, 0.25) is 0 Å². The third kappa shape index (κ3) is 4.83. The Hall–Kier alpha value is -1.81. The lowest BCUT2D eigenvalue weighted by Crippen LogP contribution is -2.29. The maximum Gasteiger partial charge on any atom is 0.224 e. The molecule has 4 heteroatoms. The van der Waals surface area contributed by atoms with Crippen LogP contribution >= 0.6 is 11.3 Å². The maximum absolute atomic E-state index is 12.0. The van der Waals surface area contributed by atoms with E-state index in [-0.39, 0.29) is 5.91 Å². The van der Waals surface area contributed by atoms with E-state index in [4.69, 9.17) is 0 Å². The first-order chi connectivity index (χ1) is 11.3. The number of rotatable bonds is 6. The van der Waals surface area contributed by atoms with E-state index in [0.29, 0.717) is 6.42 Å². The lowest BCUT2D eigenvalue weighted by Gasteiger charge is -2.28. The van der Waals surface area contributed by atoms with Crippen LogP contribution in [0, 0.1) is 0 Å². The standard InChI is InChI=1S/C19H24N2OS/c22-19(8-4-6-18-7-5-15-23-18)20-16-9-11-17(12-10-16)21-13-2-1-3-14-21/h5,7,9-12,15H,1-4,6,8,13-14H2,(H,20,22). The summed E-state index contributed by atoms with van der Waals surface area (Å²) in [4.78, 5) is 15.8. The van der Waals surface area contributed by atoms with Crippen LogP contribution < -0.4 is 10.2 Å². The molecule has 0 unspecified atom stereocenters. The van der Waals surface area contributed by atoms with Crippen molar-refractivity contribution in [2.75, 3.05) is 23.3 Å².